The summed E-state index contributed by atoms with van der Waals surface area (Å²) in [5.41, 5.74) is 6.22. The average molecular weight is 183 g/mol. The molecule has 0 amide bonds. The van der Waals surface area contributed by atoms with E-state index in [2.05, 4.69) is 5.10 Å². The van der Waals surface area contributed by atoms with Crippen LogP contribution in [0.4, 0.5) is 0 Å². The Balaban J connectivity index is 2.61. The minimum atomic E-state index is -0.855. The minimum Gasteiger partial charge on any atom is -0.481 e. The molecule has 5 nitrogen and oxygen atoms in total. The van der Waals surface area contributed by atoms with Gasteiger partial charge in [0.1, 0.15) is 0 Å². The summed E-state index contributed by atoms with van der Waals surface area (Å²) in [6, 6.07) is 0. The van der Waals surface area contributed by atoms with Crippen LogP contribution in [0.2, 0.25) is 0 Å². The summed E-state index contributed by atoms with van der Waals surface area (Å²) >= 11 is 0. The van der Waals surface area contributed by atoms with Crippen molar-refractivity contribution in [2.45, 2.75) is 6.42 Å². The third kappa shape index (κ3) is 2.55. The zero-order chi connectivity index (χ0) is 9.84. The highest BCUT2D eigenvalue weighted by Gasteiger charge is 2.16. The molecule has 1 aromatic rings. The number of hydrogen-bond donors (Lipinski definition) is 2. The van der Waals surface area contributed by atoms with Gasteiger partial charge in [0.25, 0.3) is 0 Å². The number of aromatic nitrogens is 2. The number of hydrogen-bond acceptors (Lipinski definition) is 3. The van der Waals surface area contributed by atoms with E-state index in [0.717, 1.165) is 5.56 Å². The molecular weight excluding hydrogens is 170 g/mol. The molecule has 0 fully saturated rings. The van der Waals surface area contributed by atoms with Gasteiger partial charge in [0, 0.05) is 19.8 Å². The third-order valence-electron chi connectivity index (χ3n) is 1.87. The number of nitrogens with two attached hydrogens (primary N) is 1. The molecule has 0 spiro atoms. The molecule has 0 aliphatic rings. The van der Waals surface area contributed by atoms with Crippen molar-refractivity contribution in [1.82, 2.24) is 9.78 Å². The largest absolute Gasteiger partial charge is 0.481 e. The van der Waals surface area contributed by atoms with Crippen molar-refractivity contribution in [1.29, 1.82) is 0 Å². The Morgan fingerprint density at radius 2 is 2.54 bits per heavy atom. The summed E-state index contributed by atoms with van der Waals surface area (Å²) in [4.78, 5) is 10.6. The van der Waals surface area contributed by atoms with E-state index in [1.807, 2.05) is 0 Å². The summed E-state index contributed by atoms with van der Waals surface area (Å²) in [6.07, 6.45) is 3.90. The van der Waals surface area contributed by atoms with Crippen LogP contribution in [0.3, 0.4) is 0 Å². The first kappa shape index (κ1) is 9.73. The number of aryl methyl sites for hydroxylation is 1. The van der Waals surface area contributed by atoms with Gasteiger partial charge in [-0.3, -0.25) is 9.48 Å². The molecule has 1 heterocycles. The molecule has 72 valence electrons. The Kier molecular flexibility index (Phi) is 3.02. The average Bonchev–Trinajstić information content (AvgIpc) is 2.46. The van der Waals surface area contributed by atoms with Crippen molar-refractivity contribution in [3.05, 3.63) is 18.0 Å². The van der Waals surface area contributed by atoms with Crippen LogP contribution in [0.15, 0.2) is 12.4 Å². The van der Waals surface area contributed by atoms with Crippen molar-refractivity contribution in [2.24, 2.45) is 18.7 Å². The number of nitrogens with zero attached hydrogens (tertiary/aromatic N) is 2. The van der Waals surface area contributed by atoms with Gasteiger partial charge in [0.15, 0.2) is 0 Å². The van der Waals surface area contributed by atoms with E-state index in [4.69, 9.17) is 10.8 Å². The van der Waals surface area contributed by atoms with Crippen LogP contribution >= 0.6 is 0 Å². The van der Waals surface area contributed by atoms with Crippen LogP contribution in [0.1, 0.15) is 5.56 Å². The molecule has 1 rings (SSSR count). The maximum Gasteiger partial charge on any atom is 0.308 e. The van der Waals surface area contributed by atoms with Crippen LogP contribution in [-0.2, 0) is 18.3 Å². The zero-order valence-corrected chi connectivity index (χ0v) is 7.47. The van der Waals surface area contributed by atoms with Crippen LogP contribution < -0.4 is 5.73 Å². The van der Waals surface area contributed by atoms with E-state index in [9.17, 15) is 4.79 Å². The van der Waals surface area contributed by atoms with Gasteiger partial charge in [-0.1, -0.05) is 0 Å². The van der Waals surface area contributed by atoms with E-state index < -0.39 is 11.9 Å². The molecule has 13 heavy (non-hydrogen) atoms. The minimum absolute atomic E-state index is 0.157. The Bertz CT molecular complexity index is 295. The van der Waals surface area contributed by atoms with E-state index in [1.165, 1.54) is 0 Å². The number of carboxylic acids is 1. The van der Waals surface area contributed by atoms with Crippen molar-refractivity contribution in [2.75, 3.05) is 6.54 Å². The lowest BCUT2D eigenvalue weighted by molar-refractivity contribution is -0.141. The molecule has 5 heteroatoms. The number of rotatable bonds is 4. The molecule has 0 unspecified atom stereocenters. The van der Waals surface area contributed by atoms with Gasteiger partial charge in [0.2, 0.25) is 0 Å². The highest BCUT2D eigenvalue weighted by molar-refractivity contribution is 5.70. The molecule has 0 aliphatic carbocycles. The fraction of sp³-hybridized carbons (Fsp3) is 0.500. The molecule has 0 radical (unpaired) electrons. The first-order valence-corrected chi connectivity index (χ1v) is 4.04. The molecule has 0 saturated heterocycles. The molecular formula is C8H13N3O2. The second kappa shape index (κ2) is 4.04. The standard InChI is InChI=1S/C8H13N3O2/c1-11-5-6(4-10-11)2-7(3-9)8(12)13/h4-5,7H,2-3,9H2,1H3,(H,12,13)/t7-/m0/s1. The lowest BCUT2D eigenvalue weighted by atomic mass is 10.0. The third-order valence-corrected chi connectivity index (χ3v) is 1.87. The second-order valence-electron chi connectivity index (χ2n) is 3.00. The lowest BCUT2D eigenvalue weighted by Crippen LogP contribution is -2.25. The lowest BCUT2D eigenvalue weighted by Gasteiger charge is -2.06. The van der Waals surface area contributed by atoms with Crippen LogP contribution in [0, 0.1) is 5.92 Å². The summed E-state index contributed by atoms with van der Waals surface area (Å²) in [5, 5.41) is 12.7. The highest BCUT2D eigenvalue weighted by atomic mass is 16.4. The first-order valence-electron chi connectivity index (χ1n) is 4.04. The molecule has 0 aromatic carbocycles. The molecule has 0 bridgehead atoms. The zero-order valence-electron chi connectivity index (χ0n) is 7.47. The summed E-state index contributed by atoms with van der Waals surface area (Å²) < 4.78 is 1.64. The Hall–Kier alpha value is -1.36. The van der Waals surface area contributed by atoms with E-state index >= 15 is 0 Å². The van der Waals surface area contributed by atoms with Gasteiger partial charge in [0.05, 0.1) is 12.1 Å². The summed E-state index contributed by atoms with van der Waals surface area (Å²) in [6.45, 7) is 0.157. The van der Waals surface area contributed by atoms with Gasteiger partial charge >= 0.3 is 5.97 Å². The quantitative estimate of drug-likeness (QED) is 0.666. The Morgan fingerprint density at radius 1 is 1.85 bits per heavy atom. The first-order chi connectivity index (χ1) is 6.13. The molecule has 1 atom stereocenters. The van der Waals surface area contributed by atoms with Crippen molar-refractivity contribution in [3.8, 4) is 0 Å². The van der Waals surface area contributed by atoms with Gasteiger partial charge in [-0.2, -0.15) is 5.10 Å². The number of carboxylic acid groups (broad SMARTS) is 1. The van der Waals surface area contributed by atoms with Gasteiger partial charge in [-0.15, -0.1) is 0 Å². The van der Waals surface area contributed by atoms with Crippen LogP contribution in [-0.4, -0.2) is 27.4 Å². The SMILES string of the molecule is Cn1cc(C[C@@H](CN)C(=O)O)cn1. The number of aliphatic carboxylic acids is 1. The fourth-order valence-electron chi connectivity index (χ4n) is 1.13. The van der Waals surface area contributed by atoms with Crippen LogP contribution in [0.25, 0.3) is 0 Å². The summed E-state index contributed by atoms with van der Waals surface area (Å²) in [5.74, 6) is -1.37. The van der Waals surface area contributed by atoms with Gasteiger partial charge < -0.3 is 10.8 Å². The monoisotopic (exact) mass is 183 g/mol. The maximum absolute atomic E-state index is 10.6. The van der Waals surface area contributed by atoms with E-state index in [0.29, 0.717) is 6.42 Å². The van der Waals surface area contributed by atoms with Crippen molar-refractivity contribution < 1.29 is 9.90 Å². The molecule has 0 saturated carbocycles. The van der Waals surface area contributed by atoms with Gasteiger partial charge in [-0.25, -0.2) is 0 Å². The van der Waals surface area contributed by atoms with E-state index in [-0.39, 0.29) is 6.54 Å². The van der Waals surface area contributed by atoms with Crippen molar-refractivity contribution in [3.63, 3.8) is 0 Å². The van der Waals surface area contributed by atoms with E-state index in [1.54, 1.807) is 24.1 Å². The molecule has 0 aliphatic heterocycles. The number of carbonyl (C=O) groups is 1. The topological polar surface area (TPSA) is 81.1 Å². The second-order valence-corrected chi connectivity index (χ2v) is 3.00. The highest BCUT2D eigenvalue weighted by Crippen LogP contribution is 2.06. The summed E-state index contributed by atoms with van der Waals surface area (Å²) in [7, 11) is 1.79. The van der Waals surface area contributed by atoms with Gasteiger partial charge in [-0.05, 0) is 12.0 Å². The predicted molar refractivity (Wildman–Crippen MR) is 47.1 cm³/mol. The fourth-order valence-corrected chi connectivity index (χ4v) is 1.13. The smallest absolute Gasteiger partial charge is 0.308 e. The predicted octanol–water partition coefficient (Wildman–Crippen LogP) is -0.378. The maximum atomic E-state index is 10.6. The molecule has 3 N–H and O–H groups in total. The normalized spacial score (nSPS) is 12.8. The van der Waals surface area contributed by atoms with Crippen molar-refractivity contribution >= 4 is 5.97 Å². The molecule has 1 aromatic heterocycles. The van der Waals surface area contributed by atoms with Crippen LogP contribution in [0.5, 0.6) is 0 Å². The Morgan fingerprint density at radius 3 is 2.92 bits per heavy atom. The Labute approximate surface area is 76.2 Å².